The van der Waals surface area contributed by atoms with Crippen molar-refractivity contribution in [2.75, 3.05) is 32.9 Å². The number of rotatable bonds is 6. The minimum absolute atomic E-state index is 0.192. The Morgan fingerprint density at radius 3 is 2.10 bits per heavy atom. The van der Waals surface area contributed by atoms with Crippen LogP contribution >= 0.6 is 0 Å². The van der Waals surface area contributed by atoms with Crippen LogP contribution in [0.5, 0.6) is 0 Å². The van der Waals surface area contributed by atoms with E-state index in [4.69, 9.17) is 0 Å². The van der Waals surface area contributed by atoms with Crippen molar-refractivity contribution in [3.63, 3.8) is 0 Å². The molecule has 0 saturated heterocycles. The second-order valence-corrected chi connectivity index (χ2v) is 9.69. The summed E-state index contributed by atoms with van der Waals surface area (Å²) in [5.74, 6) is 1.75. The fraction of sp³-hybridized carbons (Fsp3) is 1.00. The van der Waals surface area contributed by atoms with Gasteiger partial charge in [0.2, 0.25) is 10.0 Å². The summed E-state index contributed by atoms with van der Waals surface area (Å²) in [5.41, 5.74) is 0.429. The molecule has 0 heterocycles. The summed E-state index contributed by atoms with van der Waals surface area (Å²) in [6.45, 7) is 8.52. The van der Waals surface area contributed by atoms with Gasteiger partial charge in [0.15, 0.2) is 0 Å². The van der Waals surface area contributed by atoms with E-state index in [2.05, 4.69) is 26.1 Å². The van der Waals surface area contributed by atoms with Crippen LogP contribution < -0.4 is 5.32 Å². The molecule has 0 aromatic heterocycles. The second-order valence-electron chi connectivity index (χ2n) is 7.39. The number of hydrogen-bond acceptors (Lipinski definition) is 3. The molecule has 4 nitrogen and oxygen atoms in total. The molecule has 0 aliphatic heterocycles. The molecule has 1 aliphatic rings. The summed E-state index contributed by atoms with van der Waals surface area (Å²) in [4.78, 5) is 0. The Kier molecular flexibility index (Phi) is 6.48. The Labute approximate surface area is 125 Å². The largest absolute Gasteiger partial charge is 0.315 e. The Balaban J connectivity index is 2.20. The van der Waals surface area contributed by atoms with Gasteiger partial charge in [-0.1, -0.05) is 20.8 Å². The Bertz CT molecular complexity index is 377. The molecule has 120 valence electrons. The van der Waals surface area contributed by atoms with E-state index in [0.29, 0.717) is 12.0 Å². The SMILES string of the molecule is CN(C)S(=O)(=O)CCNCC1CCC(C(C)(C)C)CC1. The zero-order valence-corrected chi connectivity index (χ0v) is 14.6. The summed E-state index contributed by atoms with van der Waals surface area (Å²) in [6, 6.07) is 0. The molecular formula is C15H32N2O2S. The van der Waals surface area contributed by atoms with Crippen molar-refractivity contribution < 1.29 is 8.42 Å². The van der Waals surface area contributed by atoms with Gasteiger partial charge in [-0.15, -0.1) is 0 Å². The molecule has 0 aromatic carbocycles. The van der Waals surface area contributed by atoms with E-state index < -0.39 is 10.0 Å². The van der Waals surface area contributed by atoms with Crippen molar-refractivity contribution in [1.29, 1.82) is 0 Å². The molecule has 1 saturated carbocycles. The van der Waals surface area contributed by atoms with E-state index in [9.17, 15) is 8.42 Å². The zero-order valence-electron chi connectivity index (χ0n) is 13.8. The smallest absolute Gasteiger partial charge is 0.214 e. The quantitative estimate of drug-likeness (QED) is 0.766. The van der Waals surface area contributed by atoms with Gasteiger partial charge in [0.25, 0.3) is 0 Å². The van der Waals surface area contributed by atoms with Crippen molar-refractivity contribution in [2.24, 2.45) is 17.3 Å². The van der Waals surface area contributed by atoms with Crippen LogP contribution in [0.2, 0.25) is 0 Å². The van der Waals surface area contributed by atoms with Gasteiger partial charge in [0.1, 0.15) is 0 Å². The van der Waals surface area contributed by atoms with E-state index in [0.717, 1.165) is 18.4 Å². The maximum Gasteiger partial charge on any atom is 0.214 e. The zero-order chi connectivity index (χ0) is 15.4. The van der Waals surface area contributed by atoms with Gasteiger partial charge in [-0.25, -0.2) is 12.7 Å². The normalized spacial score (nSPS) is 25.1. The molecule has 0 atom stereocenters. The predicted octanol–water partition coefficient (Wildman–Crippen LogP) is 2.32. The van der Waals surface area contributed by atoms with Crippen LogP contribution in [0.4, 0.5) is 0 Å². The first-order chi connectivity index (χ1) is 9.13. The minimum Gasteiger partial charge on any atom is -0.315 e. The average molecular weight is 305 g/mol. The second kappa shape index (κ2) is 7.23. The minimum atomic E-state index is -3.06. The monoisotopic (exact) mass is 304 g/mol. The van der Waals surface area contributed by atoms with Crippen molar-refractivity contribution in [1.82, 2.24) is 9.62 Å². The molecule has 0 radical (unpaired) electrons. The first-order valence-corrected chi connectivity index (χ1v) is 9.35. The van der Waals surface area contributed by atoms with E-state index >= 15 is 0 Å². The lowest BCUT2D eigenvalue weighted by molar-refractivity contribution is 0.149. The Hall–Kier alpha value is -0.130. The third-order valence-electron chi connectivity index (χ3n) is 4.60. The third-order valence-corrected chi connectivity index (χ3v) is 6.43. The van der Waals surface area contributed by atoms with Gasteiger partial charge in [0, 0.05) is 20.6 Å². The van der Waals surface area contributed by atoms with Gasteiger partial charge in [-0.3, -0.25) is 0 Å². The summed E-state index contributed by atoms with van der Waals surface area (Å²) < 4.78 is 24.5. The van der Waals surface area contributed by atoms with Crippen molar-refractivity contribution in [3.8, 4) is 0 Å². The predicted molar refractivity (Wildman–Crippen MR) is 85.2 cm³/mol. The highest BCUT2D eigenvalue weighted by Gasteiger charge is 2.29. The number of sulfonamides is 1. The lowest BCUT2D eigenvalue weighted by atomic mass is 9.70. The third kappa shape index (κ3) is 5.70. The van der Waals surface area contributed by atoms with Gasteiger partial charge in [-0.2, -0.15) is 0 Å². The lowest BCUT2D eigenvalue weighted by Gasteiger charge is -2.37. The fourth-order valence-electron chi connectivity index (χ4n) is 2.92. The van der Waals surface area contributed by atoms with Gasteiger partial charge >= 0.3 is 0 Å². The van der Waals surface area contributed by atoms with E-state index in [1.807, 2.05) is 0 Å². The molecule has 1 rings (SSSR count). The molecule has 0 unspecified atom stereocenters. The Morgan fingerprint density at radius 2 is 1.65 bits per heavy atom. The number of hydrogen-bond donors (Lipinski definition) is 1. The molecule has 1 N–H and O–H groups in total. The van der Waals surface area contributed by atoms with Gasteiger partial charge < -0.3 is 5.32 Å². The summed E-state index contributed by atoms with van der Waals surface area (Å²) in [7, 11) is 0.114. The highest BCUT2D eigenvalue weighted by atomic mass is 32.2. The maximum atomic E-state index is 11.6. The molecule has 0 aromatic rings. The van der Waals surface area contributed by atoms with Crippen LogP contribution in [0.15, 0.2) is 0 Å². The number of nitrogens with one attached hydrogen (secondary N) is 1. The molecule has 0 bridgehead atoms. The summed E-state index contributed by atoms with van der Waals surface area (Å²) in [6.07, 6.45) is 5.17. The van der Waals surface area contributed by atoms with Crippen molar-refractivity contribution in [2.45, 2.75) is 46.5 Å². The average Bonchev–Trinajstić information content (AvgIpc) is 2.34. The van der Waals surface area contributed by atoms with Crippen LogP contribution in [-0.2, 0) is 10.0 Å². The van der Waals surface area contributed by atoms with Crippen molar-refractivity contribution in [3.05, 3.63) is 0 Å². The van der Waals surface area contributed by atoms with E-state index in [-0.39, 0.29) is 5.75 Å². The highest BCUT2D eigenvalue weighted by molar-refractivity contribution is 7.89. The maximum absolute atomic E-state index is 11.6. The molecule has 5 heteroatoms. The van der Waals surface area contributed by atoms with Crippen LogP contribution in [0.1, 0.15) is 46.5 Å². The fourth-order valence-corrected chi connectivity index (χ4v) is 3.69. The lowest BCUT2D eigenvalue weighted by Crippen LogP contribution is -2.35. The van der Waals surface area contributed by atoms with Crippen molar-refractivity contribution >= 4 is 10.0 Å². The number of nitrogens with zero attached hydrogens (tertiary/aromatic N) is 1. The Morgan fingerprint density at radius 1 is 1.10 bits per heavy atom. The van der Waals surface area contributed by atoms with Gasteiger partial charge in [0.05, 0.1) is 5.75 Å². The molecule has 0 spiro atoms. The van der Waals surface area contributed by atoms with Crippen LogP contribution in [0.25, 0.3) is 0 Å². The van der Waals surface area contributed by atoms with E-state index in [1.54, 1.807) is 14.1 Å². The molecular weight excluding hydrogens is 272 g/mol. The molecule has 1 fully saturated rings. The molecule has 20 heavy (non-hydrogen) atoms. The summed E-state index contributed by atoms with van der Waals surface area (Å²) >= 11 is 0. The molecule has 0 amide bonds. The topological polar surface area (TPSA) is 49.4 Å². The first-order valence-electron chi connectivity index (χ1n) is 7.74. The highest BCUT2D eigenvalue weighted by Crippen LogP contribution is 2.39. The first kappa shape index (κ1) is 17.9. The van der Waals surface area contributed by atoms with Crippen LogP contribution in [0, 0.1) is 17.3 Å². The van der Waals surface area contributed by atoms with Crippen LogP contribution in [0.3, 0.4) is 0 Å². The van der Waals surface area contributed by atoms with E-state index in [1.165, 1.54) is 30.0 Å². The standard InChI is InChI=1S/C15H32N2O2S/c1-15(2,3)14-8-6-13(7-9-14)12-16-10-11-20(18,19)17(4)5/h13-14,16H,6-12H2,1-5H3. The van der Waals surface area contributed by atoms with Gasteiger partial charge in [-0.05, 0) is 49.5 Å². The molecule has 1 aliphatic carbocycles. The summed E-state index contributed by atoms with van der Waals surface area (Å²) in [5, 5.41) is 3.31. The van der Waals surface area contributed by atoms with Crippen LogP contribution in [-0.4, -0.2) is 45.7 Å².